The molecule has 17 heavy (non-hydrogen) atoms. The molecule has 4 nitrogen and oxygen atoms in total. The lowest BCUT2D eigenvalue weighted by atomic mass is 10.2. The fourth-order valence-corrected chi connectivity index (χ4v) is 2.02. The Labute approximate surface area is 102 Å². The second-order valence-corrected chi connectivity index (χ2v) is 4.58. The van der Waals surface area contributed by atoms with Gasteiger partial charge in [0, 0.05) is 24.5 Å². The van der Waals surface area contributed by atoms with Gasteiger partial charge < -0.3 is 10.6 Å². The number of rotatable bonds is 4. The second-order valence-electron chi connectivity index (χ2n) is 4.58. The highest BCUT2D eigenvalue weighted by molar-refractivity contribution is 5.78. The molecule has 0 saturated carbocycles. The van der Waals surface area contributed by atoms with Crippen molar-refractivity contribution in [1.82, 2.24) is 15.6 Å². The lowest BCUT2D eigenvalue weighted by Crippen LogP contribution is -2.37. The molecular weight excluding hydrogens is 214 g/mol. The van der Waals surface area contributed by atoms with Crippen LogP contribution in [0.4, 0.5) is 0 Å². The largest absolute Gasteiger partial charge is 0.354 e. The molecule has 0 radical (unpaired) electrons. The van der Waals surface area contributed by atoms with Crippen LogP contribution in [0.5, 0.6) is 0 Å². The maximum absolute atomic E-state index is 11.7. The van der Waals surface area contributed by atoms with Gasteiger partial charge in [-0.05, 0) is 37.9 Å². The van der Waals surface area contributed by atoms with E-state index in [1.54, 1.807) is 6.20 Å². The van der Waals surface area contributed by atoms with Crippen LogP contribution in [-0.2, 0) is 11.2 Å². The van der Waals surface area contributed by atoms with E-state index in [-0.39, 0.29) is 5.91 Å². The van der Waals surface area contributed by atoms with Crippen molar-refractivity contribution in [1.29, 1.82) is 0 Å². The highest BCUT2D eigenvalue weighted by Gasteiger charge is 2.14. The zero-order chi connectivity index (χ0) is 12.1. The molecule has 2 rings (SSSR count). The zero-order valence-corrected chi connectivity index (χ0v) is 10.2. The van der Waals surface area contributed by atoms with Gasteiger partial charge in [0.15, 0.2) is 0 Å². The van der Waals surface area contributed by atoms with Crippen molar-refractivity contribution in [2.24, 2.45) is 0 Å². The zero-order valence-electron chi connectivity index (χ0n) is 10.2. The van der Waals surface area contributed by atoms with E-state index in [0.29, 0.717) is 12.5 Å². The monoisotopic (exact) mass is 233 g/mol. The normalized spacial score (nSPS) is 19.2. The number of pyridine rings is 1. The Morgan fingerprint density at radius 1 is 1.59 bits per heavy atom. The minimum absolute atomic E-state index is 0.0735. The maximum atomic E-state index is 11.7. The Morgan fingerprint density at radius 2 is 2.47 bits per heavy atom. The number of hydrogen-bond donors (Lipinski definition) is 2. The smallest absolute Gasteiger partial charge is 0.224 e. The third-order valence-electron chi connectivity index (χ3n) is 3.05. The molecule has 4 heteroatoms. The summed E-state index contributed by atoms with van der Waals surface area (Å²) in [5.41, 5.74) is 1.94. The summed E-state index contributed by atoms with van der Waals surface area (Å²) in [5.74, 6) is 0.0735. The summed E-state index contributed by atoms with van der Waals surface area (Å²) in [6.45, 7) is 3.75. The van der Waals surface area contributed by atoms with E-state index in [9.17, 15) is 4.79 Å². The number of aromatic nitrogens is 1. The molecule has 0 bridgehead atoms. The van der Waals surface area contributed by atoms with Crippen LogP contribution in [0.2, 0.25) is 0 Å². The molecule has 1 atom stereocenters. The van der Waals surface area contributed by atoms with Crippen molar-refractivity contribution in [2.45, 2.75) is 32.2 Å². The van der Waals surface area contributed by atoms with E-state index in [1.165, 1.54) is 6.42 Å². The van der Waals surface area contributed by atoms with E-state index in [0.717, 1.165) is 30.8 Å². The number of aryl methyl sites for hydroxylation is 1. The molecule has 1 amide bonds. The summed E-state index contributed by atoms with van der Waals surface area (Å²) in [7, 11) is 0. The third-order valence-corrected chi connectivity index (χ3v) is 3.05. The van der Waals surface area contributed by atoms with Crippen molar-refractivity contribution < 1.29 is 4.79 Å². The van der Waals surface area contributed by atoms with E-state index in [4.69, 9.17) is 0 Å². The summed E-state index contributed by atoms with van der Waals surface area (Å²) in [5, 5.41) is 6.31. The number of hydrogen-bond acceptors (Lipinski definition) is 3. The summed E-state index contributed by atoms with van der Waals surface area (Å²) in [6.07, 6.45) is 4.55. The first-order valence-electron chi connectivity index (χ1n) is 6.15. The van der Waals surface area contributed by atoms with Crippen molar-refractivity contribution in [3.63, 3.8) is 0 Å². The molecule has 0 aromatic carbocycles. The van der Waals surface area contributed by atoms with E-state index >= 15 is 0 Å². The molecule has 0 spiro atoms. The minimum Gasteiger partial charge on any atom is -0.354 e. The Kier molecular flexibility index (Phi) is 4.09. The standard InChI is InChI=1S/C13H19N3O/c1-10-4-5-11(8-15-10)7-13(17)16-9-12-3-2-6-14-12/h4-5,8,12,14H,2-3,6-7,9H2,1H3,(H,16,17). The predicted octanol–water partition coefficient (Wildman–Crippen LogP) is 0.801. The molecule has 92 valence electrons. The number of carbonyl (C=O) groups excluding carboxylic acids is 1. The molecule has 1 fully saturated rings. The second kappa shape index (κ2) is 5.77. The van der Waals surface area contributed by atoms with Gasteiger partial charge in [0.1, 0.15) is 0 Å². The molecule has 1 aromatic heterocycles. The lowest BCUT2D eigenvalue weighted by molar-refractivity contribution is -0.120. The Balaban J connectivity index is 1.74. The van der Waals surface area contributed by atoms with Gasteiger partial charge in [0.05, 0.1) is 6.42 Å². The van der Waals surface area contributed by atoms with Crippen molar-refractivity contribution in [2.75, 3.05) is 13.1 Å². The van der Waals surface area contributed by atoms with Crippen molar-refractivity contribution in [3.05, 3.63) is 29.6 Å². The number of amides is 1. The average molecular weight is 233 g/mol. The summed E-state index contributed by atoms with van der Waals surface area (Å²) in [4.78, 5) is 15.9. The molecule has 1 aliphatic rings. The SMILES string of the molecule is Cc1ccc(CC(=O)NCC2CCCN2)cn1. The van der Waals surface area contributed by atoms with Gasteiger partial charge in [-0.2, -0.15) is 0 Å². The lowest BCUT2D eigenvalue weighted by Gasteiger charge is -2.11. The summed E-state index contributed by atoms with van der Waals surface area (Å²) < 4.78 is 0. The number of carbonyl (C=O) groups is 1. The first-order valence-corrected chi connectivity index (χ1v) is 6.15. The fraction of sp³-hybridized carbons (Fsp3) is 0.538. The van der Waals surface area contributed by atoms with Crippen LogP contribution < -0.4 is 10.6 Å². The first-order chi connectivity index (χ1) is 8.24. The van der Waals surface area contributed by atoms with Gasteiger partial charge >= 0.3 is 0 Å². The van der Waals surface area contributed by atoms with Gasteiger partial charge in [-0.1, -0.05) is 6.07 Å². The highest BCUT2D eigenvalue weighted by atomic mass is 16.1. The van der Waals surface area contributed by atoms with Crippen LogP contribution in [0.3, 0.4) is 0 Å². The Hall–Kier alpha value is -1.42. The van der Waals surface area contributed by atoms with Crippen LogP contribution in [0.1, 0.15) is 24.1 Å². The fourth-order valence-electron chi connectivity index (χ4n) is 2.02. The Morgan fingerprint density at radius 3 is 3.12 bits per heavy atom. The van der Waals surface area contributed by atoms with Crippen LogP contribution in [-0.4, -0.2) is 30.0 Å². The van der Waals surface area contributed by atoms with Gasteiger partial charge in [-0.25, -0.2) is 0 Å². The van der Waals surface area contributed by atoms with Crippen molar-refractivity contribution >= 4 is 5.91 Å². The first kappa shape index (κ1) is 12.0. The minimum atomic E-state index is 0.0735. The van der Waals surface area contributed by atoms with Gasteiger partial charge in [-0.3, -0.25) is 9.78 Å². The van der Waals surface area contributed by atoms with Crippen LogP contribution >= 0.6 is 0 Å². The van der Waals surface area contributed by atoms with Gasteiger partial charge in [0.25, 0.3) is 0 Å². The molecule has 0 aliphatic carbocycles. The third kappa shape index (κ3) is 3.82. The van der Waals surface area contributed by atoms with E-state index in [2.05, 4.69) is 15.6 Å². The molecule has 1 unspecified atom stereocenters. The Bertz CT molecular complexity index is 369. The predicted molar refractivity (Wildman–Crippen MR) is 66.7 cm³/mol. The highest BCUT2D eigenvalue weighted by Crippen LogP contribution is 2.04. The average Bonchev–Trinajstić information content (AvgIpc) is 2.83. The number of nitrogens with one attached hydrogen (secondary N) is 2. The summed E-state index contributed by atoms with van der Waals surface area (Å²) >= 11 is 0. The molecule has 1 saturated heterocycles. The van der Waals surface area contributed by atoms with Gasteiger partial charge in [0.2, 0.25) is 5.91 Å². The molecule has 2 N–H and O–H groups in total. The molecule has 1 aliphatic heterocycles. The number of nitrogens with zero attached hydrogens (tertiary/aromatic N) is 1. The molecular formula is C13H19N3O. The summed E-state index contributed by atoms with van der Waals surface area (Å²) in [6, 6.07) is 4.34. The molecule has 1 aromatic rings. The maximum Gasteiger partial charge on any atom is 0.224 e. The van der Waals surface area contributed by atoms with Crippen molar-refractivity contribution in [3.8, 4) is 0 Å². The van der Waals surface area contributed by atoms with Crippen LogP contribution in [0, 0.1) is 6.92 Å². The van der Waals surface area contributed by atoms with E-state index < -0.39 is 0 Å². The molecule has 2 heterocycles. The quantitative estimate of drug-likeness (QED) is 0.809. The van der Waals surface area contributed by atoms with E-state index in [1.807, 2.05) is 19.1 Å². The van der Waals surface area contributed by atoms with Crippen LogP contribution in [0.25, 0.3) is 0 Å². The van der Waals surface area contributed by atoms with Crippen LogP contribution in [0.15, 0.2) is 18.3 Å². The van der Waals surface area contributed by atoms with Gasteiger partial charge in [-0.15, -0.1) is 0 Å². The topological polar surface area (TPSA) is 54.0 Å².